The maximum Gasteiger partial charge on any atom is 0.305 e. The Labute approximate surface area is 772 Å². The summed E-state index contributed by atoms with van der Waals surface area (Å²) in [6.45, 7) is -0.217. The molecule has 0 radical (unpaired) electrons. The molecule has 0 saturated carbocycles. The third-order valence-corrected chi connectivity index (χ3v) is 24.1. The SMILES string of the molecule is COCC[C@H]1C(=O)N2C[C@@H](O)C[C@@H]2C(=O)N[C@@H](CC(=O)O)C(=O)N[C@@H](C(C)C)C(=O)N(C)[C@@H](Cc2ccccc2)C(=O)N[C@@H](CC(=O)O)C(=O)N2CCOC[C@@H]2C(=O)N[C@@H](Cc2c[nH]c3ccccc23)C(=O)N[C@@H](Cc2ccc(O)cc2)C(=O)N[C@@H](CCCN)C(=O)N[C@H](C(=O)NCC(N)=O)CSCC(=O)N[C@@H](Cc2cc(F)c(F)c(F)c2)C(=O)N(C)[C@@H](Cc2ccccc2)C(=O)N1C. The number of carboxylic acids is 2. The first-order valence-electron chi connectivity index (χ1n) is 43.2. The number of nitrogens with two attached hydrogens (primary N) is 2. The molecule has 1 aromatic heterocycles. The number of fused-ring (bicyclic) bond motifs is 3. The van der Waals surface area contributed by atoms with Gasteiger partial charge in [-0.25, -0.2) is 13.2 Å². The van der Waals surface area contributed by atoms with Crippen molar-refractivity contribution >= 4 is 123 Å². The fourth-order valence-corrected chi connectivity index (χ4v) is 16.7. The number of rotatable bonds is 24. The van der Waals surface area contributed by atoms with Crippen LogP contribution in [0.25, 0.3) is 10.9 Å². The summed E-state index contributed by atoms with van der Waals surface area (Å²) in [5, 5.41) is 65.7. The van der Waals surface area contributed by atoms with Gasteiger partial charge in [-0.3, -0.25) is 81.5 Å². The molecule has 40 nitrogen and oxygen atoms in total. The van der Waals surface area contributed by atoms with Gasteiger partial charge in [0.2, 0.25) is 88.6 Å². The van der Waals surface area contributed by atoms with E-state index in [2.05, 4.69) is 52.8 Å². The lowest BCUT2D eigenvalue weighted by molar-refractivity contribution is -0.154. The Balaban J connectivity index is 1.14. The number of ether oxygens (including phenoxy) is 2. The standard InChI is InChI=1S/C90H112F3N17O23S/c1-48(2)77-90(131)107(4)68(36-49-16-9-7-10-17-49)83(124)103-65(41-75(117)118)87(128)109-29-31-133-45-71(109)85(126)101-62(38-53-42-96-59-21-14-13-20-56(53)59)81(122)100-61(34-51-23-25-54(111)26-24-51)80(121)99-60(22-15-28-94)79(120)104-66(78(119)97-43-72(95)113)46-134-47-73(114)98-64(35-52-32-57(91)76(93)58(92)33-52)86(127)108(5)70(37-50-18-11-8-12-19-50)88(129)106(3)67(27-30-132-6)89(130)110-44-55(112)39-69(110)84(125)102-63(40-74(115)116)82(123)105-77/h7-14,16-21,23-26,32-33,42,48,55,60-71,77,96,111-112H,15,22,27-31,34-41,43-47,94H2,1-6H3,(H2,95,113)(H,97,119)(H,98,114)(H,99,121)(H,100,122)(H,101,126)(H,102,125)(H,103,124)(H,104,120)(H,105,123)(H,115,116)(H,117,118)/t55-,60-,61-,62-,63-,64-,65-,66-,67-,68-,69+,70-,71+,77-/m0/s1. The normalized spacial score (nSPS) is 24.1. The quantitative estimate of drug-likeness (QED) is 0.0294. The second-order valence-electron chi connectivity index (χ2n) is 33.1. The lowest BCUT2D eigenvalue weighted by Crippen LogP contribution is -2.64. The molecule has 722 valence electrons. The number of hydrogen-bond acceptors (Lipinski definition) is 23. The molecule has 0 aliphatic carbocycles. The summed E-state index contributed by atoms with van der Waals surface area (Å²) in [7, 11) is 4.69. The number of aromatic hydroxyl groups is 1. The Morgan fingerprint density at radius 1 is 0.560 bits per heavy atom. The van der Waals surface area contributed by atoms with Gasteiger partial charge in [0.15, 0.2) is 17.5 Å². The molecule has 0 unspecified atom stereocenters. The van der Waals surface area contributed by atoms with Crippen molar-refractivity contribution in [2.45, 2.75) is 169 Å². The smallest absolute Gasteiger partial charge is 0.305 e. The highest BCUT2D eigenvalue weighted by Gasteiger charge is 2.48. The summed E-state index contributed by atoms with van der Waals surface area (Å²) in [6.07, 6.45) is -5.89. The molecule has 0 spiro atoms. The van der Waals surface area contributed by atoms with Crippen molar-refractivity contribution in [2.75, 3.05) is 85.8 Å². The van der Waals surface area contributed by atoms with E-state index < -0.39 is 284 Å². The number of phenolic OH excluding ortho intramolecular Hbond substituents is 1. The van der Waals surface area contributed by atoms with Crippen LogP contribution in [0.1, 0.15) is 80.2 Å². The fraction of sp³-hybridized carbons (Fsp3) is 0.456. The molecule has 3 aliphatic rings. The third-order valence-electron chi connectivity index (χ3n) is 23.0. The molecule has 44 heteroatoms. The van der Waals surface area contributed by atoms with Crippen LogP contribution in [0.2, 0.25) is 0 Å². The minimum absolute atomic E-state index is 0.00755. The average molecular weight is 1890 g/mol. The van der Waals surface area contributed by atoms with E-state index >= 15 is 51.9 Å². The number of thioether (sulfide) groups is 1. The summed E-state index contributed by atoms with van der Waals surface area (Å²) < 4.78 is 56.2. The number of primary amides is 1. The molecule has 14 atom stereocenters. The monoisotopic (exact) mass is 1890 g/mol. The van der Waals surface area contributed by atoms with Crippen LogP contribution in [-0.4, -0.2) is 321 Å². The zero-order valence-corrected chi connectivity index (χ0v) is 75.2. The molecule has 15 amide bonds. The van der Waals surface area contributed by atoms with Crippen LogP contribution in [0, 0.1) is 23.4 Å². The summed E-state index contributed by atoms with van der Waals surface area (Å²) in [4.78, 5) is 257. The predicted molar refractivity (Wildman–Crippen MR) is 475 cm³/mol. The lowest BCUT2D eigenvalue weighted by Gasteiger charge is -2.38. The van der Waals surface area contributed by atoms with Crippen molar-refractivity contribution in [1.82, 2.24) is 77.3 Å². The Morgan fingerprint density at radius 2 is 1.10 bits per heavy atom. The number of halogens is 3. The van der Waals surface area contributed by atoms with Crippen molar-refractivity contribution in [2.24, 2.45) is 17.4 Å². The molecule has 3 aliphatic heterocycles. The van der Waals surface area contributed by atoms with E-state index in [0.717, 1.165) is 45.6 Å². The number of aromatic nitrogens is 1. The molecular formula is C90H112F3N17O23S. The number of morpholine rings is 1. The van der Waals surface area contributed by atoms with Gasteiger partial charge in [0.1, 0.15) is 84.3 Å². The number of aromatic amines is 1. The van der Waals surface area contributed by atoms with E-state index in [1.54, 1.807) is 91.1 Å². The van der Waals surface area contributed by atoms with Crippen LogP contribution in [0.5, 0.6) is 5.75 Å². The van der Waals surface area contributed by atoms with Gasteiger partial charge in [-0.2, -0.15) is 0 Å². The Bertz CT molecular complexity index is 5220. The van der Waals surface area contributed by atoms with Crippen molar-refractivity contribution in [3.05, 3.63) is 173 Å². The predicted octanol–water partition coefficient (Wildman–Crippen LogP) is -1.92. The Hall–Kier alpha value is -13.6. The molecule has 4 heterocycles. The highest BCUT2D eigenvalue weighted by atomic mass is 32.2. The molecule has 6 aromatic rings. The summed E-state index contributed by atoms with van der Waals surface area (Å²) >= 11 is 0.617. The molecule has 134 heavy (non-hydrogen) atoms. The van der Waals surface area contributed by atoms with Crippen LogP contribution in [0.15, 0.2) is 128 Å². The number of H-pyrrole nitrogens is 1. The lowest BCUT2D eigenvalue weighted by atomic mass is 9.98. The van der Waals surface area contributed by atoms with Gasteiger partial charge in [0.25, 0.3) is 0 Å². The minimum atomic E-state index is -2.10. The van der Waals surface area contributed by atoms with Gasteiger partial charge >= 0.3 is 11.9 Å². The molecular weight excluding hydrogens is 1780 g/mol. The summed E-state index contributed by atoms with van der Waals surface area (Å²) in [5.74, 6) is -27.8. The van der Waals surface area contributed by atoms with Gasteiger partial charge in [-0.1, -0.05) is 105 Å². The second-order valence-corrected chi connectivity index (χ2v) is 34.2. The van der Waals surface area contributed by atoms with Crippen LogP contribution in [-0.2, 0) is 123 Å². The number of carbonyl (C=O) groups is 17. The number of carbonyl (C=O) groups excluding carboxylic acids is 15. The second kappa shape index (κ2) is 49.2. The maximum atomic E-state index is 15.6. The zero-order valence-electron chi connectivity index (χ0n) is 74.4. The molecule has 18 N–H and O–H groups in total. The molecule has 0 bridgehead atoms. The number of likely N-dealkylation sites (N-methyl/N-ethyl adjacent to an activating group) is 3. The maximum absolute atomic E-state index is 15.6. The first-order chi connectivity index (χ1) is 63.7. The number of hydrogen-bond donors (Lipinski definition) is 16. The number of amides is 15. The van der Waals surface area contributed by atoms with Gasteiger partial charge in [-0.05, 0) is 83.5 Å². The fourth-order valence-electron chi connectivity index (χ4n) is 15.8. The highest BCUT2D eigenvalue weighted by molar-refractivity contribution is 8.00. The minimum Gasteiger partial charge on any atom is -0.508 e. The van der Waals surface area contributed by atoms with Crippen LogP contribution < -0.4 is 59.3 Å². The zero-order chi connectivity index (χ0) is 97.9. The van der Waals surface area contributed by atoms with E-state index in [-0.39, 0.29) is 64.0 Å². The number of aliphatic hydroxyl groups excluding tert-OH is 1. The Kier molecular flexibility index (Phi) is 38.3. The first-order valence-corrected chi connectivity index (χ1v) is 44.3. The van der Waals surface area contributed by atoms with Gasteiger partial charge < -0.3 is 119 Å². The number of para-hydroxylation sites is 1. The number of aliphatic hydroxyl groups is 1. The number of benzene rings is 5. The van der Waals surface area contributed by atoms with Gasteiger partial charge in [0, 0.05) is 116 Å². The van der Waals surface area contributed by atoms with E-state index in [9.17, 15) is 63.2 Å². The van der Waals surface area contributed by atoms with E-state index in [0.29, 0.717) is 57.1 Å². The number of aliphatic carboxylic acids is 2. The van der Waals surface area contributed by atoms with E-state index in [1.165, 1.54) is 45.2 Å². The van der Waals surface area contributed by atoms with Gasteiger partial charge in [0.05, 0.1) is 44.5 Å². The van der Waals surface area contributed by atoms with Crippen LogP contribution in [0.4, 0.5) is 13.2 Å². The van der Waals surface area contributed by atoms with Crippen LogP contribution >= 0.6 is 11.8 Å². The molecule has 5 aromatic carbocycles. The average Bonchev–Trinajstić information content (AvgIpc) is 1.73. The number of nitrogens with one attached hydrogen (secondary N) is 10. The topological polar surface area (TPSA) is 582 Å². The van der Waals surface area contributed by atoms with Crippen molar-refractivity contribution in [3.63, 3.8) is 0 Å². The van der Waals surface area contributed by atoms with E-state index in [1.807, 2.05) is 0 Å². The molecule has 9 rings (SSSR count). The number of methoxy groups -OCH3 is 1. The van der Waals surface area contributed by atoms with Crippen molar-refractivity contribution in [1.29, 1.82) is 0 Å². The largest absolute Gasteiger partial charge is 0.508 e. The highest BCUT2D eigenvalue weighted by Crippen LogP contribution is 2.28. The molecule has 3 fully saturated rings. The summed E-state index contributed by atoms with van der Waals surface area (Å²) in [5.41, 5.74) is 13.1. The first kappa shape index (κ1) is 104. The van der Waals surface area contributed by atoms with Gasteiger partial charge in [-0.15, -0.1) is 11.8 Å². The Morgan fingerprint density at radius 3 is 1.72 bits per heavy atom. The number of carboxylic acid groups (broad SMARTS) is 2. The summed E-state index contributed by atoms with van der Waals surface area (Å²) in [6, 6.07) is 5.94. The van der Waals surface area contributed by atoms with Crippen molar-refractivity contribution < 1.29 is 125 Å². The number of phenols is 1. The third kappa shape index (κ3) is 28.7. The number of nitrogens with zero attached hydrogens (tertiary/aromatic N) is 5. The van der Waals surface area contributed by atoms with Crippen molar-refractivity contribution in [3.8, 4) is 5.75 Å². The molecule has 3 saturated heterocycles. The van der Waals surface area contributed by atoms with Crippen LogP contribution in [0.3, 0.4) is 0 Å². The van der Waals surface area contributed by atoms with E-state index in [4.69, 9.17) is 20.9 Å².